The van der Waals surface area contributed by atoms with Crippen molar-refractivity contribution in [3.8, 4) is 5.69 Å². The maximum Gasteiger partial charge on any atom is 0.338 e. The van der Waals surface area contributed by atoms with Crippen LogP contribution >= 0.6 is 0 Å². The topological polar surface area (TPSA) is 44.1 Å². The largest absolute Gasteiger partial charge is 0.459 e. The van der Waals surface area contributed by atoms with Crippen molar-refractivity contribution >= 4 is 16.9 Å². The first-order valence-electron chi connectivity index (χ1n) is 9.90. The van der Waals surface area contributed by atoms with Gasteiger partial charge in [0.2, 0.25) is 0 Å². The Bertz CT molecular complexity index is 938. The van der Waals surface area contributed by atoms with Crippen molar-refractivity contribution in [2.45, 2.75) is 52.1 Å². The van der Waals surface area contributed by atoms with Gasteiger partial charge < -0.3 is 4.74 Å². The lowest BCUT2D eigenvalue weighted by atomic mass is 9.99. The second kappa shape index (κ2) is 7.55. The van der Waals surface area contributed by atoms with E-state index >= 15 is 0 Å². The fourth-order valence-electron chi connectivity index (χ4n) is 4.02. The van der Waals surface area contributed by atoms with Crippen LogP contribution in [0.4, 0.5) is 0 Å². The maximum atomic E-state index is 12.3. The second-order valence-corrected chi connectivity index (χ2v) is 7.73. The van der Waals surface area contributed by atoms with Gasteiger partial charge in [-0.1, -0.05) is 49.9 Å². The smallest absolute Gasteiger partial charge is 0.338 e. The minimum Gasteiger partial charge on any atom is -0.459 e. The Hall–Kier alpha value is -2.62. The van der Waals surface area contributed by atoms with Crippen LogP contribution in [0.3, 0.4) is 0 Å². The van der Waals surface area contributed by atoms with Gasteiger partial charge in [-0.15, -0.1) is 0 Å². The lowest BCUT2D eigenvalue weighted by molar-refractivity contribution is 0.0378. The monoisotopic (exact) mass is 362 g/mol. The molecule has 4 nitrogen and oxygen atoms in total. The zero-order chi connectivity index (χ0) is 18.8. The van der Waals surface area contributed by atoms with Crippen LogP contribution in [-0.4, -0.2) is 21.9 Å². The van der Waals surface area contributed by atoms with Gasteiger partial charge >= 0.3 is 5.97 Å². The first kappa shape index (κ1) is 17.8. The standard InChI is InChI=1S/C23H26N2O2/c1-16(2)27-23(26)18-12-13-20-21(15-18)24-25(19-10-4-3-5-11-19)22(20)14-17-8-6-7-9-17/h3-5,10-13,15-17H,6-9,14H2,1-2H3. The molecule has 0 radical (unpaired) electrons. The summed E-state index contributed by atoms with van der Waals surface area (Å²) in [7, 11) is 0. The molecule has 0 amide bonds. The fraction of sp³-hybridized carbons (Fsp3) is 0.391. The highest BCUT2D eigenvalue weighted by molar-refractivity contribution is 5.95. The Morgan fingerprint density at radius 1 is 1.15 bits per heavy atom. The number of nitrogens with zero attached hydrogens (tertiary/aromatic N) is 2. The van der Waals surface area contributed by atoms with E-state index in [0.717, 1.165) is 28.9 Å². The van der Waals surface area contributed by atoms with Gasteiger partial charge in [0.15, 0.2) is 0 Å². The van der Waals surface area contributed by atoms with Gasteiger partial charge in [-0.3, -0.25) is 0 Å². The van der Waals surface area contributed by atoms with E-state index in [1.807, 2.05) is 50.2 Å². The number of carbonyl (C=O) groups excluding carboxylic acids is 1. The van der Waals surface area contributed by atoms with Crippen molar-refractivity contribution in [3.63, 3.8) is 0 Å². The normalized spacial score (nSPS) is 14.9. The summed E-state index contributed by atoms with van der Waals surface area (Å²) >= 11 is 0. The predicted octanol–water partition coefficient (Wildman–Crippen LogP) is 5.32. The summed E-state index contributed by atoms with van der Waals surface area (Å²) < 4.78 is 7.40. The molecule has 2 aromatic carbocycles. The highest BCUT2D eigenvalue weighted by Crippen LogP contribution is 2.32. The molecule has 1 saturated carbocycles. The SMILES string of the molecule is CC(C)OC(=O)c1ccc2c(CC3CCCC3)n(-c3ccccc3)nc2c1. The van der Waals surface area contributed by atoms with Crippen LogP contribution in [0.1, 0.15) is 55.6 Å². The quantitative estimate of drug-likeness (QED) is 0.577. The number of benzene rings is 2. The molecule has 140 valence electrons. The highest BCUT2D eigenvalue weighted by atomic mass is 16.5. The number of ether oxygens (including phenoxy) is 1. The molecule has 1 fully saturated rings. The Balaban J connectivity index is 1.78. The summed E-state index contributed by atoms with van der Waals surface area (Å²) in [5.41, 5.74) is 3.71. The molecule has 0 N–H and O–H groups in total. The molecule has 0 unspecified atom stereocenters. The van der Waals surface area contributed by atoms with Crippen LogP contribution < -0.4 is 0 Å². The molecule has 0 saturated heterocycles. The number of para-hydroxylation sites is 1. The zero-order valence-electron chi connectivity index (χ0n) is 16.0. The Morgan fingerprint density at radius 3 is 2.59 bits per heavy atom. The molecular weight excluding hydrogens is 336 g/mol. The third-order valence-electron chi connectivity index (χ3n) is 5.31. The Kier molecular flexibility index (Phi) is 4.97. The molecule has 0 aliphatic heterocycles. The lowest BCUT2D eigenvalue weighted by Crippen LogP contribution is -2.11. The van der Waals surface area contributed by atoms with Crippen molar-refractivity contribution in [2.24, 2.45) is 5.92 Å². The number of hydrogen-bond donors (Lipinski definition) is 0. The fourth-order valence-corrected chi connectivity index (χ4v) is 4.02. The average molecular weight is 362 g/mol. The van der Waals surface area contributed by atoms with E-state index < -0.39 is 0 Å². The molecule has 1 aliphatic rings. The van der Waals surface area contributed by atoms with E-state index in [1.165, 1.54) is 31.4 Å². The molecule has 27 heavy (non-hydrogen) atoms. The maximum absolute atomic E-state index is 12.3. The van der Waals surface area contributed by atoms with E-state index in [9.17, 15) is 4.79 Å². The van der Waals surface area contributed by atoms with Crippen LogP contribution in [0.5, 0.6) is 0 Å². The molecule has 0 spiro atoms. The second-order valence-electron chi connectivity index (χ2n) is 7.73. The molecule has 0 atom stereocenters. The van der Waals surface area contributed by atoms with Crippen LogP contribution in [0.25, 0.3) is 16.6 Å². The number of fused-ring (bicyclic) bond motifs is 1. The summed E-state index contributed by atoms with van der Waals surface area (Å²) in [4.78, 5) is 12.3. The van der Waals surface area contributed by atoms with Crippen molar-refractivity contribution in [3.05, 3.63) is 59.8 Å². The van der Waals surface area contributed by atoms with Crippen molar-refractivity contribution in [1.29, 1.82) is 0 Å². The van der Waals surface area contributed by atoms with Gasteiger partial charge in [-0.25, -0.2) is 9.48 Å². The van der Waals surface area contributed by atoms with Gasteiger partial charge in [0.1, 0.15) is 0 Å². The Morgan fingerprint density at radius 2 is 1.89 bits per heavy atom. The lowest BCUT2D eigenvalue weighted by Gasteiger charge is -2.12. The van der Waals surface area contributed by atoms with Crippen LogP contribution in [0.15, 0.2) is 48.5 Å². The summed E-state index contributed by atoms with van der Waals surface area (Å²) in [6.07, 6.45) is 6.13. The number of aromatic nitrogens is 2. The van der Waals surface area contributed by atoms with E-state index in [1.54, 1.807) is 0 Å². The first-order valence-corrected chi connectivity index (χ1v) is 9.90. The number of carbonyl (C=O) groups is 1. The third-order valence-corrected chi connectivity index (χ3v) is 5.31. The van der Waals surface area contributed by atoms with Crippen molar-refractivity contribution < 1.29 is 9.53 Å². The average Bonchev–Trinajstić information content (AvgIpc) is 3.30. The highest BCUT2D eigenvalue weighted by Gasteiger charge is 2.21. The van der Waals surface area contributed by atoms with Gasteiger partial charge in [-0.2, -0.15) is 5.10 Å². The Labute approximate surface area is 160 Å². The van der Waals surface area contributed by atoms with Gasteiger partial charge in [0.25, 0.3) is 0 Å². The summed E-state index contributed by atoms with van der Waals surface area (Å²) in [6, 6.07) is 16.0. The van der Waals surface area contributed by atoms with E-state index in [4.69, 9.17) is 9.84 Å². The summed E-state index contributed by atoms with van der Waals surface area (Å²) in [5.74, 6) is 0.427. The number of hydrogen-bond acceptors (Lipinski definition) is 3. The molecule has 4 heteroatoms. The molecule has 4 rings (SSSR count). The molecule has 1 heterocycles. The van der Waals surface area contributed by atoms with Gasteiger partial charge in [0.05, 0.1) is 28.6 Å². The van der Waals surface area contributed by atoms with Crippen molar-refractivity contribution in [1.82, 2.24) is 9.78 Å². The minimum atomic E-state index is -0.293. The van der Waals surface area contributed by atoms with Crippen LogP contribution in [0.2, 0.25) is 0 Å². The number of rotatable bonds is 5. The molecule has 1 aliphatic carbocycles. The molecule has 0 bridgehead atoms. The molecular formula is C23H26N2O2. The minimum absolute atomic E-state index is 0.131. The first-order chi connectivity index (χ1) is 13.1. The summed E-state index contributed by atoms with van der Waals surface area (Å²) in [5, 5.41) is 5.99. The van der Waals surface area contributed by atoms with Crippen LogP contribution in [0, 0.1) is 5.92 Å². The number of esters is 1. The molecule has 1 aromatic heterocycles. The molecule has 3 aromatic rings. The third kappa shape index (κ3) is 3.75. The van der Waals surface area contributed by atoms with Gasteiger partial charge in [0, 0.05) is 5.39 Å². The summed E-state index contributed by atoms with van der Waals surface area (Å²) in [6.45, 7) is 3.72. The van der Waals surface area contributed by atoms with Crippen molar-refractivity contribution in [2.75, 3.05) is 0 Å². The van der Waals surface area contributed by atoms with E-state index in [-0.39, 0.29) is 12.1 Å². The predicted molar refractivity (Wildman–Crippen MR) is 107 cm³/mol. The van der Waals surface area contributed by atoms with Gasteiger partial charge in [-0.05, 0) is 50.5 Å². The van der Waals surface area contributed by atoms with Crippen LogP contribution in [-0.2, 0) is 11.2 Å². The van der Waals surface area contributed by atoms with E-state index in [0.29, 0.717) is 5.56 Å². The zero-order valence-corrected chi connectivity index (χ0v) is 16.0. The van der Waals surface area contributed by atoms with E-state index in [2.05, 4.69) is 16.8 Å².